The molecule has 3 nitrogen and oxygen atoms in total. The normalized spacial score (nSPS) is 16.8. The van der Waals surface area contributed by atoms with Gasteiger partial charge in [0.25, 0.3) is 0 Å². The number of nitrogens with zero attached hydrogens (tertiary/aromatic N) is 1. The lowest BCUT2D eigenvalue weighted by molar-refractivity contribution is -0.131. The predicted octanol–water partition coefficient (Wildman–Crippen LogP) is 5.03. The summed E-state index contributed by atoms with van der Waals surface area (Å²) in [4.78, 5) is 14.4. The number of hydrogen-bond acceptors (Lipinski definition) is 3. The minimum atomic E-state index is 0.146. The summed E-state index contributed by atoms with van der Waals surface area (Å²) in [5, 5.41) is 0.146. The van der Waals surface area contributed by atoms with E-state index in [4.69, 9.17) is 4.74 Å². The van der Waals surface area contributed by atoms with E-state index in [2.05, 4.69) is 31.2 Å². The first kappa shape index (κ1) is 17.9. The van der Waals surface area contributed by atoms with Crippen LogP contribution < -0.4 is 4.74 Å². The SMILES string of the molecule is CCCCC(=O)N1CCS[C@H]1c1ccc(OCc2ccccc2)cc1. The minimum absolute atomic E-state index is 0.146. The van der Waals surface area contributed by atoms with Crippen molar-refractivity contribution in [3.63, 3.8) is 0 Å². The molecule has 1 aliphatic rings. The van der Waals surface area contributed by atoms with Crippen molar-refractivity contribution in [1.82, 2.24) is 4.90 Å². The molecule has 1 amide bonds. The molecule has 1 aliphatic heterocycles. The fourth-order valence-electron chi connectivity index (χ4n) is 2.94. The van der Waals surface area contributed by atoms with Crippen LogP contribution >= 0.6 is 11.8 Å². The average Bonchev–Trinajstić information content (AvgIpc) is 3.15. The van der Waals surface area contributed by atoms with Crippen molar-refractivity contribution < 1.29 is 9.53 Å². The Morgan fingerprint density at radius 3 is 2.64 bits per heavy atom. The molecule has 1 heterocycles. The molecular formula is C21H25NO2S. The van der Waals surface area contributed by atoms with Gasteiger partial charge in [-0.2, -0.15) is 0 Å². The van der Waals surface area contributed by atoms with Crippen LogP contribution in [0.15, 0.2) is 54.6 Å². The van der Waals surface area contributed by atoms with Gasteiger partial charge in [-0.15, -0.1) is 11.8 Å². The predicted molar refractivity (Wildman–Crippen MR) is 104 cm³/mol. The molecule has 0 aliphatic carbocycles. The molecule has 4 heteroatoms. The number of unbranched alkanes of at least 4 members (excludes halogenated alkanes) is 1. The Bertz CT molecular complexity index is 672. The van der Waals surface area contributed by atoms with Gasteiger partial charge in [0.15, 0.2) is 0 Å². The van der Waals surface area contributed by atoms with E-state index in [1.165, 1.54) is 5.56 Å². The Labute approximate surface area is 154 Å². The minimum Gasteiger partial charge on any atom is -0.489 e. The van der Waals surface area contributed by atoms with Gasteiger partial charge in [0.1, 0.15) is 17.7 Å². The topological polar surface area (TPSA) is 29.5 Å². The molecule has 132 valence electrons. The molecule has 2 aromatic rings. The van der Waals surface area contributed by atoms with E-state index < -0.39 is 0 Å². The van der Waals surface area contributed by atoms with Gasteiger partial charge >= 0.3 is 0 Å². The van der Waals surface area contributed by atoms with Crippen LogP contribution in [0, 0.1) is 0 Å². The van der Waals surface area contributed by atoms with E-state index in [0.717, 1.165) is 36.5 Å². The van der Waals surface area contributed by atoms with E-state index in [1.54, 1.807) is 0 Å². The molecule has 2 aromatic carbocycles. The summed E-state index contributed by atoms with van der Waals surface area (Å²) in [6, 6.07) is 18.3. The molecule has 0 radical (unpaired) electrons. The van der Waals surface area contributed by atoms with Crippen molar-refractivity contribution in [3.05, 3.63) is 65.7 Å². The van der Waals surface area contributed by atoms with Gasteiger partial charge in [-0.1, -0.05) is 55.8 Å². The maximum atomic E-state index is 12.4. The van der Waals surface area contributed by atoms with Crippen LogP contribution in [0.1, 0.15) is 42.7 Å². The molecular weight excluding hydrogens is 330 g/mol. The number of carbonyl (C=O) groups is 1. The van der Waals surface area contributed by atoms with Crippen LogP contribution in [0.3, 0.4) is 0 Å². The van der Waals surface area contributed by atoms with Crippen LogP contribution in [0.2, 0.25) is 0 Å². The highest BCUT2D eigenvalue weighted by molar-refractivity contribution is 7.99. The number of benzene rings is 2. The van der Waals surface area contributed by atoms with E-state index in [-0.39, 0.29) is 11.3 Å². The van der Waals surface area contributed by atoms with Gasteiger partial charge in [-0.05, 0) is 29.7 Å². The third kappa shape index (κ3) is 4.79. The lowest BCUT2D eigenvalue weighted by Gasteiger charge is -2.24. The number of rotatable bonds is 7. The average molecular weight is 356 g/mol. The van der Waals surface area contributed by atoms with E-state index in [9.17, 15) is 4.79 Å². The number of thioether (sulfide) groups is 1. The van der Waals surface area contributed by atoms with Gasteiger partial charge in [-0.3, -0.25) is 4.79 Å². The summed E-state index contributed by atoms with van der Waals surface area (Å²) in [5.41, 5.74) is 2.34. The first-order valence-electron chi connectivity index (χ1n) is 8.95. The zero-order valence-corrected chi connectivity index (χ0v) is 15.5. The third-order valence-electron chi connectivity index (χ3n) is 4.37. The lowest BCUT2D eigenvalue weighted by Crippen LogP contribution is -2.30. The van der Waals surface area contributed by atoms with Crippen LogP contribution in [0.25, 0.3) is 0 Å². The molecule has 0 spiro atoms. The molecule has 0 bridgehead atoms. The Morgan fingerprint density at radius 2 is 1.92 bits per heavy atom. The zero-order valence-electron chi connectivity index (χ0n) is 14.7. The maximum Gasteiger partial charge on any atom is 0.223 e. The van der Waals surface area contributed by atoms with Crippen molar-refractivity contribution >= 4 is 17.7 Å². The fraction of sp³-hybridized carbons (Fsp3) is 0.381. The Hall–Kier alpha value is -1.94. The molecule has 0 N–H and O–H groups in total. The largest absolute Gasteiger partial charge is 0.489 e. The van der Waals surface area contributed by atoms with Crippen LogP contribution in [0.4, 0.5) is 0 Å². The Morgan fingerprint density at radius 1 is 1.16 bits per heavy atom. The number of amides is 1. The van der Waals surface area contributed by atoms with Crippen LogP contribution in [-0.2, 0) is 11.4 Å². The van der Waals surface area contributed by atoms with Gasteiger partial charge < -0.3 is 9.64 Å². The van der Waals surface area contributed by atoms with Crippen molar-refractivity contribution in [2.75, 3.05) is 12.3 Å². The second-order valence-corrected chi connectivity index (χ2v) is 7.45. The van der Waals surface area contributed by atoms with Gasteiger partial charge in [0.05, 0.1) is 0 Å². The number of hydrogen-bond donors (Lipinski definition) is 0. The molecule has 0 saturated carbocycles. The zero-order chi connectivity index (χ0) is 17.5. The van der Waals surface area contributed by atoms with E-state index in [0.29, 0.717) is 13.0 Å². The third-order valence-corrected chi connectivity index (χ3v) is 5.63. The highest BCUT2D eigenvalue weighted by Gasteiger charge is 2.29. The quantitative estimate of drug-likeness (QED) is 0.698. The summed E-state index contributed by atoms with van der Waals surface area (Å²) in [7, 11) is 0. The smallest absolute Gasteiger partial charge is 0.223 e. The van der Waals surface area contributed by atoms with Gasteiger partial charge in [0, 0.05) is 18.7 Å². The fourth-order valence-corrected chi connectivity index (χ4v) is 4.22. The summed E-state index contributed by atoms with van der Waals surface area (Å²) in [5.74, 6) is 2.15. The Kier molecular flexibility index (Phi) is 6.40. The molecule has 1 saturated heterocycles. The highest BCUT2D eigenvalue weighted by Crippen LogP contribution is 2.38. The number of ether oxygens (including phenoxy) is 1. The standard InChI is InChI=1S/C21H25NO2S/c1-2-3-9-20(23)22-14-15-25-21(22)18-10-12-19(13-11-18)24-16-17-7-5-4-6-8-17/h4-8,10-13,21H,2-3,9,14-16H2,1H3/t21-/m0/s1. The van der Waals surface area contributed by atoms with Crippen molar-refractivity contribution in [2.45, 2.75) is 38.2 Å². The summed E-state index contributed by atoms with van der Waals surface area (Å²) >= 11 is 1.85. The van der Waals surface area contributed by atoms with Crippen molar-refractivity contribution in [3.8, 4) is 5.75 Å². The summed E-state index contributed by atoms with van der Waals surface area (Å²) in [6.45, 7) is 3.54. The molecule has 0 aromatic heterocycles. The Balaban J connectivity index is 1.60. The highest BCUT2D eigenvalue weighted by atomic mass is 32.2. The van der Waals surface area contributed by atoms with E-state index in [1.807, 2.05) is 47.0 Å². The second-order valence-electron chi connectivity index (χ2n) is 6.26. The molecule has 25 heavy (non-hydrogen) atoms. The molecule has 1 atom stereocenters. The van der Waals surface area contributed by atoms with E-state index >= 15 is 0 Å². The molecule has 0 unspecified atom stereocenters. The monoisotopic (exact) mass is 355 g/mol. The number of carbonyl (C=O) groups excluding carboxylic acids is 1. The van der Waals surface area contributed by atoms with Crippen molar-refractivity contribution in [2.24, 2.45) is 0 Å². The van der Waals surface area contributed by atoms with Crippen molar-refractivity contribution in [1.29, 1.82) is 0 Å². The van der Waals surface area contributed by atoms with Gasteiger partial charge in [0.2, 0.25) is 5.91 Å². The maximum absolute atomic E-state index is 12.4. The molecule has 1 fully saturated rings. The first-order chi connectivity index (χ1) is 12.3. The molecule has 3 rings (SSSR count). The van der Waals surface area contributed by atoms with Gasteiger partial charge in [-0.25, -0.2) is 0 Å². The first-order valence-corrected chi connectivity index (χ1v) is 10.0. The summed E-state index contributed by atoms with van der Waals surface area (Å²) < 4.78 is 5.85. The summed E-state index contributed by atoms with van der Waals surface area (Å²) in [6.07, 6.45) is 2.69. The van der Waals surface area contributed by atoms with Crippen LogP contribution in [-0.4, -0.2) is 23.1 Å². The lowest BCUT2D eigenvalue weighted by atomic mass is 10.1. The van der Waals surface area contributed by atoms with Crippen LogP contribution in [0.5, 0.6) is 5.75 Å². The second kappa shape index (κ2) is 8.95.